The second kappa shape index (κ2) is 10.5. The van der Waals surface area contributed by atoms with Gasteiger partial charge >= 0.3 is 0 Å². The van der Waals surface area contributed by atoms with Crippen molar-refractivity contribution in [2.75, 3.05) is 44.1 Å². The lowest BCUT2D eigenvalue weighted by molar-refractivity contribution is -0.121. The molecule has 0 radical (unpaired) electrons. The molecule has 3 amide bonds. The zero-order valence-electron chi connectivity index (χ0n) is 19.5. The van der Waals surface area contributed by atoms with Crippen LogP contribution in [-0.4, -0.2) is 61.9 Å². The Bertz CT molecular complexity index is 1230. The highest BCUT2D eigenvalue weighted by molar-refractivity contribution is 7.22. The minimum Gasteiger partial charge on any atom is -1.00 e. The molecule has 3 aromatic rings. The number of hydrogen-bond acceptors (Lipinski definition) is 7. The SMILES string of the molecule is COc1ccc(C)c2sc(N(CCN(C)C)C(=O)c3cccc(N4C(=O)CCC4=O)c3)nc12.[Cl-]. The molecule has 2 aromatic carbocycles. The van der Waals surface area contributed by atoms with Crippen LogP contribution in [0.2, 0.25) is 0 Å². The number of ether oxygens (including phenoxy) is 1. The molecule has 0 unspecified atom stereocenters. The summed E-state index contributed by atoms with van der Waals surface area (Å²) in [6, 6.07) is 10.5. The molecule has 1 aromatic heterocycles. The van der Waals surface area contributed by atoms with E-state index in [0.29, 0.717) is 35.2 Å². The van der Waals surface area contributed by atoms with E-state index in [1.54, 1.807) is 36.3 Å². The van der Waals surface area contributed by atoms with Crippen LogP contribution in [0.1, 0.15) is 28.8 Å². The van der Waals surface area contributed by atoms with Gasteiger partial charge in [-0.2, -0.15) is 0 Å². The van der Waals surface area contributed by atoms with E-state index in [2.05, 4.69) is 0 Å². The highest BCUT2D eigenvalue weighted by Gasteiger charge is 2.31. The van der Waals surface area contributed by atoms with Crippen LogP contribution in [0.15, 0.2) is 36.4 Å². The number of carbonyl (C=O) groups excluding carboxylic acids is 3. The van der Waals surface area contributed by atoms with Gasteiger partial charge in [0.05, 0.1) is 17.5 Å². The summed E-state index contributed by atoms with van der Waals surface area (Å²) in [7, 11) is 5.49. The van der Waals surface area contributed by atoms with Crippen LogP contribution in [0.3, 0.4) is 0 Å². The molecular weight excluding hydrogens is 476 g/mol. The molecule has 0 N–H and O–H groups in total. The van der Waals surface area contributed by atoms with Crippen molar-refractivity contribution in [3.63, 3.8) is 0 Å². The van der Waals surface area contributed by atoms with Gasteiger partial charge < -0.3 is 22.0 Å². The first-order valence-electron chi connectivity index (χ1n) is 10.7. The molecule has 0 spiro atoms. The zero-order valence-corrected chi connectivity index (χ0v) is 21.1. The van der Waals surface area contributed by atoms with Gasteiger partial charge in [-0.05, 0) is 50.8 Å². The third-order valence-corrected chi connectivity index (χ3v) is 6.78. The molecule has 1 fully saturated rings. The van der Waals surface area contributed by atoms with E-state index < -0.39 is 0 Å². The standard InChI is InChI=1S/C24H26N4O4S.ClH/c1-15-8-9-18(32-4)21-22(15)33-24(25-21)27(13-12-26(2)3)23(31)16-6-5-7-17(14-16)28-19(29)10-11-20(28)30;/h5-9,14H,10-13H2,1-4H3;1H/p-1. The number of hydrogen-bond donors (Lipinski definition) is 0. The maximum absolute atomic E-state index is 13.7. The third kappa shape index (κ3) is 4.91. The molecule has 0 saturated carbocycles. The molecule has 8 nitrogen and oxygen atoms in total. The van der Waals surface area contributed by atoms with Gasteiger partial charge in [0.2, 0.25) is 11.8 Å². The molecule has 0 bridgehead atoms. The fourth-order valence-electron chi connectivity index (χ4n) is 3.76. The lowest BCUT2D eigenvalue weighted by Crippen LogP contribution is -3.00. The first-order chi connectivity index (χ1) is 15.8. The number of amides is 3. The fourth-order valence-corrected chi connectivity index (χ4v) is 4.84. The third-order valence-electron chi connectivity index (χ3n) is 5.56. The van der Waals surface area contributed by atoms with E-state index in [4.69, 9.17) is 9.72 Å². The number of fused-ring (bicyclic) bond motifs is 1. The number of methoxy groups -OCH3 is 1. The topological polar surface area (TPSA) is 83.0 Å². The Labute approximate surface area is 208 Å². The molecule has 2 heterocycles. The largest absolute Gasteiger partial charge is 1.00 e. The highest BCUT2D eigenvalue weighted by Crippen LogP contribution is 2.37. The summed E-state index contributed by atoms with van der Waals surface area (Å²) in [6.45, 7) is 3.07. The van der Waals surface area contributed by atoms with Crippen molar-refractivity contribution >= 4 is 50.1 Å². The number of aryl methyl sites for hydroxylation is 1. The number of rotatable bonds is 7. The van der Waals surface area contributed by atoms with Crippen molar-refractivity contribution in [2.24, 2.45) is 0 Å². The number of imide groups is 1. The number of benzene rings is 2. The van der Waals surface area contributed by atoms with E-state index in [1.807, 2.05) is 38.1 Å². The minimum atomic E-state index is -0.247. The Kier molecular flexibility index (Phi) is 7.91. The van der Waals surface area contributed by atoms with Gasteiger partial charge in [0.1, 0.15) is 11.3 Å². The number of aromatic nitrogens is 1. The zero-order chi connectivity index (χ0) is 23.7. The highest BCUT2D eigenvalue weighted by atomic mass is 35.5. The first kappa shape index (κ1) is 25.6. The van der Waals surface area contributed by atoms with Gasteiger partial charge in [-0.1, -0.05) is 23.5 Å². The van der Waals surface area contributed by atoms with Crippen LogP contribution < -0.4 is 26.9 Å². The van der Waals surface area contributed by atoms with Crippen molar-refractivity contribution in [2.45, 2.75) is 19.8 Å². The summed E-state index contributed by atoms with van der Waals surface area (Å²) in [5, 5.41) is 0.572. The van der Waals surface area contributed by atoms with E-state index in [9.17, 15) is 14.4 Å². The van der Waals surface area contributed by atoms with Gasteiger partial charge in [0, 0.05) is 31.5 Å². The van der Waals surface area contributed by atoms with Gasteiger partial charge in [-0.25, -0.2) is 4.98 Å². The number of nitrogens with zero attached hydrogens (tertiary/aromatic N) is 4. The number of carbonyl (C=O) groups is 3. The molecule has 4 rings (SSSR count). The molecule has 0 aliphatic carbocycles. The molecule has 180 valence electrons. The lowest BCUT2D eigenvalue weighted by Gasteiger charge is -2.23. The smallest absolute Gasteiger partial charge is 0.260 e. The average molecular weight is 502 g/mol. The average Bonchev–Trinajstić information content (AvgIpc) is 3.38. The summed E-state index contributed by atoms with van der Waals surface area (Å²) < 4.78 is 6.44. The van der Waals surface area contributed by atoms with Crippen LogP contribution >= 0.6 is 11.3 Å². The van der Waals surface area contributed by atoms with Crippen LogP contribution in [0.4, 0.5) is 10.8 Å². The Balaban J connectivity index is 0.00000324. The molecule has 34 heavy (non-hydrogen) atoms. The van der Waals surface area contributed by atoms with Gasteiger partial charge in [-0.3, -0.25) is 24.2 Å². The minimum absolute atomic E-state index is 0. The van der Waals surface area contributed by atoms with Gasteiger partial charge in [0.25, 0.3) is 5.91 Å². The summed E-state index contributed by atoms with van der Waals surface area (Å²) >= 11 is 1.44. The molecule has 1 saturated heterocycles. The van der Waals surface area contributed by atoms with Crippen molar-refractivity contribution in [3.8, 4) is 5.75 Å². The number of halogens is 1. The maximum Gasteiger partial charge on any atom is 0.260 e. The van der Waals surface area contributed by atoms with Crippen LogP contribution in [0.25, 0.3) is 10.2 Å². The number of likely N-dealkylation sites (N-methyl/N-ethyl adjacent to an activating group) is 1. The maximum atomic E-state index is 13.7. The number of thiazole rings is 1. The lowest BCUT2D eigenvalue weighted by atomic mass is 10.1. The Morgan fingerprint density at radius 2 is 1.82 bits per heavy atom. The summed E-state index contributed by atoms with van der Waals surface area (Å²) in [6.07, 6.45) is 0.387. The van der Waals surface area contributed by atoms with Crippen molar-refractivity contribution < 1.29 is 31.5 Å². The molecular formula is C24H26ClN4O4S-. The molecule has 10 heteroatoms. The van der Waals surface area contributed by atoms with Crippen LogP contribution in [0.5, 0.6) is 5.75 Å². The van der Waals surface area contributed by atoms with Crippen LogP contribution in [0, 0.1) is 6.92 Å². The van der Waals surface area contributed by atoms with Gasteiger partial charge in [0.15, 0.2) is 5.13 Å². The molecule has 1 aliphatic rings. The van der Waals surface area contributed by atoms with E-state index >= 15 is 0 Å². The van der Waals surface area contributed by atoms with E-state index in [1.165, 1.54) is 11.3 Å². The van der Waals surface area contributed by atoms with Crippen molar-refractivity contribution in [3.05, 3.63) is 47.5 Å². The summed E-state index contributed by atoms with van der Waals surface area (Å²) in [5.41, 5.74) is 2.59. The normalized spacial score (nSPS) is 13.5. The monoisotopic (exact) mass is 501 g/mol. The quantitative estimate of drug-likeness (QED) is 0.438. The second-order valence-corrected chi connectivity index (χ2v) is 9.17. The Hall–Kier alpha value is -3.01. The molecule has 0 atom stereocenters. The van der Waals surface area contributed by atoms with Crippen LogP contribution in [-0.2, 0) is 9.59 Å². The predicted molar refractivity (Wildman–Crippen MR) is 129 cm³/mol. The van der Waals surface area contributed by atoms with Crippen molar-refractivity contribution in [1.82, 2.24) is 9.88 Å². The second-order valence-electron chi connectivity index (χ2n) is 8.19. The predicted octanol–water partition coefficient (Wildman–Crippen LogP) is 0.479. The Morgan fingerprint density at radius 1 is 1.12 bits per heavy atom. The van der Waals surface area contributed by atoms with Gasteiger partial charge in [-0.15, -0.1) is 0 Å². The van der Waals surface area contributed by atoms with Crippen molar-refractivity contribution in [1.29, 1.82) is 0 Å². The Morgan fingerprint density at radius 3 is 2.47 bits per heavy atom. The van der Waals surface area contributed by atoms with E-state index in [0.717, 1.165) is 20.7 Å². The summed E-state index contributed by atoms with van der Waals surface area (Å²) in [4.78, 5) is 47.6. The van der Waals surface area contributed by atoms with E-state index in [-0.39, 0.29) is 43.0 Å². The fraction of sp³-hybridized carbons (Fsp3) is 0.333. The summed E-state index contributed by atoms with van der Waals surface area (Å²) in [5.74, 6) is -0.0785. The number of anilines is 2. The molecule has 1 aliphatic heterocycles. The first-order valence-corrected chi connectivity index (χ1v) is 11.5.